The van der Waals surface area contributed by atoms with Crippen molar-refractivity contribution in [2.24, 2.45) is 5.92 Å². The minimum absolute atomic E-state index is 0.129. The average molecular weight is 282 g/mol. The zero-order valence-corrected chi connectivity index (χ0v) is 11.5. The summed E-state index contributed by atoms with van der Waals surface area (Å²) >= 11 is 0. The van der Waals surface area contributed by atoms with Gasteiger partial charge in [-0.15, -0.1) is 0 Å². The number of ether oxygens (including phenoxy) is 3. The summed E-state index contributed by atoms with van der Waals surface area (Å²) in [6.07, 6.45) is -0.373. The van der Waals surface area contributed by atoms with Gasteiger partial charge in [0, 0.05) is 7.11 Å². The largest absolute Gasteiger partial charge is 0.513 e. The molecule has 0 amide bonds. The molecule has 1 unspecified atom stereocenters. The summed E-state index contributed by atoms with van der Waals surface area (Å²) in [5.41, 5.74) is 0.861. The molecule has 0 aliphatic carbocycles. The number of aliphatic carboxylic acids is 1. The molecule has 0 aliphatic heterocycles. The number of hydrogen-bond donors (Lipinski definition) is 1. The molecule has 0 saturated heterocycles. The van der Waals surface area contributed by atoms with Crippen LogP contribution in [0.5, 0.6) is 5.75 Å². The number of rotatable bonds is 7. The quantitative estimate of drug-likeness (QED) is 0.468. The van der Waals surface area contributed by atoms with Gasteiger partial charge in [-0.1, -0.05) is 19.1 Å². The smallest absolute Gasteiger partial charge is 0.481 e. The molecule has 0 radical (unpaired) electrons. The van der Waals surface area contributed by atoms with Crippen molar-refractivity contribution in [3.05, 3.63) is 29.8 Å². The Morgan fingerprint density at radius 2 is 1.85 bits per heavy atom. The lowest BCUT2D eigenvalue weighted by atomic mass is 10.0. The van der Waals surface area contributed by atoms with E-state index in [0.717, 1.165) is 5.56 Å². The van der Waals surface area contributed by atoms with Gasteiger partial charge in [-0.25, -0.2) is 4.79 Å². The molecule has 0 aromatic heterocycles. The second-order valence-corrected chi connectivity index (χ2v) is 4.28. The van der Waals surface area contributed by atoms with Gasteiger partial charge in [-0.3, -0.25) is 4.79 Å². The van der Waals surface area contributed by atoms with Crippen molar-refractivity contribution >= 4 is 12.1 Å². The molecule has 6 heteroatoms. The van der Waals surface area contributed by atoms with Gasteiger partial charge < -0.3 is 19.3 Å². The summed E-state index contributed by atoms with van der Waals surface area (Å²) in [5.74, 6) is -0.952. The highest BCUT2D eigenvalue weighted by atomic mass is 16.7. The van der Waals surface area contributed by atoms with Gasteiger partial charge in [0.2, 0.25) is 0 Å². The summed E-state index contributed by atoms with van der Waals surface area (Å²) in [7, 11) is 1.51. The standard InChI is InChI=1S/C14H18O6/c1-10(13(15)16)9-11-3-5-12(6-4-11)20-14(17)19-8-7-18-2/h3-6,10H,7-9H2,1-2H3,(H,15,16). The van der Waals surface area contributed by atoms with Crippen LogP contribution in [0, 0.1) is 5.92 Å². The Hall–Kier alpha value is -2.08. The van der Waals surface area contributed by atoms with E-state index in [4.69, 9.17) is 19.3 Å². The van der Waals surface area contributed by atoms with E-state index >= 15 is 0 Å². The summed E-state index contributed by atoms with van der Waals surface area (Å²) in [6.45, 7) is 2.07. The number of carboxylic acids is 1. The highest BCUT2D eigenvalue weighted by Crippen LogP contribution is 2.15. The number of methoxy groups -OCH3 is 1. The Balaban J connectivity index is 2.46. The SMILES string of the molecule is COCCOC(=O)Oc1ccc(CC(C)C(=O)O)cc1. The van der Waals surface area contributed by atoms with Gasteiger partial charge >= 0.3 is 12.1 Å². The molecule has 0 saturated carbocycles. The molecule has 0 spiro atoms. The van der Waals surface area contributed by atoms with Crippen LogP contribution in [0.3, 0.4) is 0 Å². The van der Waals surface area contributed by atoms with Gasteiger partial charge in [0.25, 0.3) is 0 Å². The van der Waals surface area contributed by atoms with Crippen molar-refractivity contribution in [1.82, 2.24) is 0 Å². The fourth-order valence-corrected chi connectivity index (χ4v) is 1.47. The Morgan fingerprint density at radius 3 is 2.40 bits per heavy atom. The Kier molecular flexibility index (Phi) is 6.52. The molecule has 0 fully saturated rings. The molecule has 110 valence electrons. The molecule has 1 N–H and O–H groups in total. The minimum Gasteiger partial charge on any atom is -0.481 e. The van der Waals surface area contributed by atoms with Crippen LogP contribution in [-0.4, -0.2) is 37.6 Å². The predicted molar refractivity (Wildman–Crippen MR) is 70.8 cm³/mol. The molecule has 1 atom stereocenters. The normalized spacial score (nSPS) is 11.7. The van der Waals surface area contributed by atoms with Crippen LogP contribution >= 0.6 is 0 Å². The van der Waals surface area contributed by atoms with E-state index in [1.165, 1.54) is 7.11 Å². The van der Waals surface area contributed by atoms with Gasteiger partial charge in [0.05, 0.1) is 12.5 Å². The monoisotopic (exact) mass is 282 g/mol. The number of carboxylic acid groups (broad SMARTS) is 1. The van der Waals surface area contributed by atoms with Gasteiger partial charge in [0.15, 0.2) is 0 Å². The van der Waals surface area contributed by atoms with Crippen molar-refractivity contribution in [1.29, 1.82) is 0 Å². The molecule has 0 aliphatic rings. The van der Waals surface area contributed by atoms with Crippen LogP contribution in [0.4, 0.5) is 4.79 Å². The first-order valence-electron chi connectivity index (χ1n) is 6.18. The van der Waals surface area contributed by atoms with Gasteiger partial charge in [-0.05, 0) is 24.1 Å². The van der Waals surface area contributed by atoms with Crippen molar-refractivity contribution in [2.45, 2.75) is 13.3 Å². The lowest BCUT2D eigenvalue weighted by Crippen LogP contribution is -2.14. The first-order valence-corrected chi connectivity index (χ1v) is 6.18. The number of benzene rings is 1. The van der Waals surface area contributed by atoms with Crippen molar-refractivity contribution in [3.8, 4) is 5.75 Å². The van der Waals surface area contributed by atoms with Crippen LogP contribution in [0.1, 0.15) is 12.5 Å². The van der Waals surface area contributed by atoms with Crippen LogP contribution in [0.25, 0.3) is 0 Å². The maximum atomic E-state index is 11.3. The van der Waals surface area contributed by atoms with E-state index in [0.29, 0.717) is 18.8 Å². The summed E-state index contributed by atoms with van der Waals surface area (Å²) in [5, 5.41) is 8.82. The second-order valence-electron chi connectivity index (χ2n) is 4.28. The first kappa shape index (κ1) is 16.0. The summed E-state index contributed by atoms with van der Waals surface area (Å²) in [6, 6.07) is 6.64. The van der Waals surface area contributed by atoms with E-state index in [2.05, 4.69) is 0 Å². The van der Waals surface area contributed by atoms with Crippen LogP contribution < -0.4 is 4.74 Å². The van der Waals surface area contributed by atoms with Gasteiger partial charge in [-0.2, -0.15) is 0 Å². The topological polar surface area (TPSA) is 82.1 Å². The third kappa shape index (κ3) is 5.71. The van der Waals surface area contributed by atoms with Gasteiger partial charge in [0.1, 0.15) is 12.4 Å². The highest BCUT2D eigenvalue weighted by molar-refractivity contribution is 5.70. The molecule has 1 rings (SSSR count). The lowest BCUT2D eigenvalue weighted by Gasteiger charge is -2.08. The van der Waals surface area contributed by atoms with Crippen LogP contribution in [0.15, 0.2) is 24.3 Å². The number of carbonyl (C=O) groups excluding carboxylic acids is 1. The molecule has 20 heavy (non-hydrogen) atoms. The third-order valence-corrected chi connectivity index (χ3v) is 2.60. The maximum Gasteiger partial charge on any atom is 0.513 e. The molecule has 1 aromatic rings. The zero-order valence-electron chi connectivity index (χ0n) is 11.5. The van der Waals surface area contributed by atoms with Crippen molar-refractivity contribution in [3.63, 3.8) is 0 Å². The number of hydrogen-bond acceptors (Lipinski definition) is 5. The highest BCUT2D eigenvalue weighted by Gasteiger charge is 2.12. The van der Waals surface area contributed by atoms with E-state index in [1.807, 2.05) is 0 Å². The molecule has 6 nitrogen and oxygen atoms in total. The third-order valence-electron chi connectivity index (χ3n) is 2.60. The van der Waals surface area contributed by atoms with E-state index in [1.54, 1.807) is 31.2 Å². The van der Waals surface area contributed by atoms with Crippen molar-refractivity contribution < 1.29 is 28.9 Å². The Labute approximate surface area is 117 Å². The van der Waals surface area contributed by atoms with Crippen LogP contribution in [-0.2, 0) is 20.7 Å². The van der Waals surface area contributed by atoms with E-state index < -0.39 is 18.0 Å². The van der Waals surface area contributed by atoms with Crippen LogP contribution in [0.2, 0.25) is 0 Å². The minimum atomic E-state index is -0.841. The maximum absolute atomic E-state index is 11.3. The molecular weight excluding hydrogens is 264 g/mol. The summed E-state index contributed by atoms with van der Waals surface area (Å²) < 4.78 is 14.4. The first-order chi connectivity index (χ1) is 9.52. The fourth-order valence-electron chi connectivity index (χ4n) is 1.47. The Morgan fingerprint density at radius 1 is 1.20 bits per heavy atom. The summed E-state index contributed by atoms with van der Waals surface area (Å²) in [4.78, 5) is 22.0. The average Bonchev–Trinajstić information content (AvgIpc) is 2.41. The zero-order chi connectivity index (χ0) is 15.0. The molecule has 0 heterocycles. The van der Waals surface area contributed by atoms with E-state index in [9.17, 15) is 9.59 Å². The van der Waals surface area contributed by atoms with Crippen molar-refractivity contribution in [2.75, 3.05) is 20.3 Å². The second kappa shape index (κ2) is 8.16. The molecular formula is C14H18O6. The molecule has 0 bridgehead atoms. The predicted octanol–water partition coefficient (Wildman–Crippen LogP) is 2.11. The lowest BCUT2D eigenvalue weighted by molar-refractivity contribution is -0.141. The fraction of sp³-hybridized carbons (Fsp3) is 0.429. The van der Waals surface area contributed by atoms with E-state index in [-0.39, 0.29) is 6.61 Å². The molecule has 1 aromatic carbocycles. The Bertz CT molecular complexity index is 439. The number of carbonyl (C=O) groups is 2.